The minimum Gasteiger partial charge on any atom is -0.495 e. The summed E-state index contributed by atoms with van der Waals surface area (Å²) in [6.45, 7) is 2.44. The lowest BCUT2D eigenvalue weighted by Gasteiger charge is -2.31. The molecule has 2 saturated heterocycles. The van der Waals surface area contributed by atoms with E-state index in [9.17, 15) is 9.59 Å². The quantitative estimate of drug-likeness (QED) is 0.854. The first-order chi connectivity index (χ1) is 11.1. The van der Waals surface area contributed by atoms with Crippen LogP contribution in [-0.2, 0) is 0 Å². The van der Waals surface area contributed by atoms with Crippen LogP contribution in [0.25, 0.3) is 0 Å². The third-order valence-corrected chi connectivity index (χ3v) is 4.32. The van der Waals surface area contributed by atoms with Crippen LogP contribution in [0.15, 0.2) is 18.2 Å². The van der Waals surface area contributed by atoms with Crippen molar-refractivity contribution in [3.8, 4) is 5.75 Å². The normalized spacial score (nSPS) is 20.4. The number of rotatable bonds is 3. The molecule has 2 heterocycles. The lowest BCUT2D eigenvalue weighted by molar-refractivity contribution is 0.0709. The van der Waals surface area contributed by atoms with Gasteiger partial charge in [-0.3, -0.25) is 9.69 Å². The molecule has 1 atom stereocenters. The first-order valence-corrected chi connectivity index (χ1v) is 7.88. The molecule has 0 aromatic heterocycles. The Morgan fingerprint density at radius 2 is 2.17 bits per heavy atom. The molecule has 3 N–H and O–H groups in total. The number of piperidine rings is 1. The SMILES string of the molecule is COc1ccc(C(=O)N2CCCC(N)C2)cc1N1CCNC1=O.Cl. The number of ether oxygens (including phenoxy) is 1. The predicted molar refractivity (Wildman–Crippen MR) is 94.1 cm³/mol. The molecule has 2 fully saturated rings. The third-order valence-electron chi connectivity index (χ3n) is 4.32. The molecule has 0 spiro atoms. The zero-order valence-electron chi connectivity index (χ0n) is 13.7. The number of carbonyl (C=O) groups excluding carboxylic acids is 2. The van der Waals surface area contributed by atoms with Crippen molar-refractivity contribution in [1.29, 1.82) is 0 Å². The number of anilines is 1. The second-order valence-electron chi connectivity index (χ2n) is 5.92. The first-order valence-electron chi connectivity index (χ1n) is 7.88. The number of halogens is 1. The smallest absolute Gasteiger partial charge is 0.322 e. The summed E-state index contributed by atoms with van der Waals surface area (Å²) >= 11 is 0. The molecule has 3 rings (SSSR count). The molecular formula is C16H23ClN4O3. The summed E-state index contributed by atoms with van der Waals surface area (Å²) in [5.41, 5.74) is 7.13. The van der Waals surface area contributed by atoms with Crippen LogP contribution in [0, 0.1) is 0 Å². The molecule has 0 bridgehead atoms. The Morgan fingerprint density at radius 3 is 2.79 bits per heavy atom. The first kappa shape index (κ1) is 18.4. The number of hydrogen-bond donors (Lipinski definition) is 2. The van der Waals surface area contributed by atoms with Crippen molar-refractivity contribution >= 4 is 30.0 Å². The number of benzene rings is 1. The van der Waals surface area contributed by atoms with Crippen LogP contribution in [0.4, 0.5) is 10.5 Å². The van der Waals surface area contributed by atoms with E-state index in [2.05, 4.69) is 5.32 Å². The van der Waals surface area contributed by atoms with Crippen LogP contribution < -0.4 is 20.7 Å². The summed E-state index contributed by atoms with van der Waals surface area (Å²) in [6.07, 6.45) is 1.87. The van der Waals surface area contributed by atoms with E-state index < -0.39 is 0 Å². The fourth-order valence-corrected chi connectivity index (χ4v) is 3.11. The highest BCUT2D eigenvalue weighted by Gasteiger charge is 2.27. The number of nitrogens with two attached hydrogens (primary N) is 1. The second kappa shape index (κ2) is 7.72. The number of amides is 3. The molecule has 8 heteroatoms. The molecule has 1 unspecified atom stereocenters. The van der Waals surface area contributed by atoms with Crippen molar-refractivity contribution in [3.05, 3.63) is 23.8 Å². The van der Waals surface area contributed by atoms with Crippen molar-refractivity contribution in [2.45, 2.75) is 18.9 Å². The Kier molecular flexibility index (Phi) is 5.90. The van der Waals surface area contributed by atoms with Crippen LogP contribution in [0.2, 0.25) is 0 Å². The average Bonchev–Trinajstić information content (AvgIpc) is 2.99. The predicted octanol–water partition coefficient (Wildman–Crippen LogP) is 1.21. The number of carbonyl (C=O) groups is 2. The van der Waals surface area contributed by atoms with Gasteiger partial charge in [0.2, 0.25) is 0 Å². The zero-order valence-corrected chi connectivity index (χ0v) is 14.5. The minimum absolute atomic E-state index is 0. The monoisotopic (exact) mass is 354 g/mol. The lowest BCUT2D eigenvalue weighted by atomic mass is 10.0. The number of nitrogens with one attached hydrogen (secondary N) is 1. The van der Waals surface area contributed by atoms with Crippen molar-refractivity contribution in [1.82, 2.24) is 10.2 Å². The topological polar surface area (TPSA) is 87.9 Å². The zero-order chi connectivity index (χ0) is 16.4. The van der Waals surface area contributed by atoms with Gasteiger partial charge in [-0.15, -0.1) is 12.4 Å². The molecule has 1 aromatic rings. The number of methoxy groups -OCH3 is 1. The maximum atomic E-state index is 12.7. The van der Waals surface area contributed by atoms with Gasteiger partial charge in [0.1, 0.15) is 5.75 Å². The Balaban J connectivity index is 0.00000208. The molecular weight excluding hydrogens is 332 g/mol. The molecule has 24 heavy (non-hydrogen) atoms. The summed E-state index contributed by atoms with van der Waals surface area (Å²) in [6, 6.07) is 5.06. The van der Waals surface area contributed by atoms with E-state index in [4.69, 9.17) is 10.5 Å². The second-order valence-corrected chi connectivity index (χ2v) is 5.92. The van der Waals surface area contributed by atoms with Crippen LogP contribution in [0.5, 0.6) is 5.75 Å². The van der Waals surface area contributed by atoms with Gasteiger partial charge < -0.3 is 20.7 Å². The molecule has 0 saturated carbocycles. The highest BCUT2D eigenvalue weighted by atomic mass is 35.5. The number of nitrogens with zero attached hydrogens (tertiary/aromatic N) is 2. The van der Waals surface area contributed by atoms with E-state index in [1.807, 2.05) is 0 Å². The fraction of sp³-hybridized carbons (Fsp3) is 0.500. The van der Waals surface area contributed by atoms with Gasteiger partial charge in [0.25, 0.3) is 5.91 Å². The molecule has 132 valence electrons. The maximum Gasteiger partial charge on any atom is 0.322 e. The minimum atomic E-state index is -0.173. The molecule has 2 aliphatic rings. The van der Waals surface area contributed by atoms with E-state index in [1.54, 1.807) is 35.1 Å². The van der Waals surface area contributed by atoms with E-state index in [1.165, 1.54) is 0 Å². The fourth-order valence-electron chi connectivity index (χ4n) is 3.11. The van der Waals surface area contributed by atoms with Gasteiger partial charge >= 0.3 is 6.03 Å². The standard InChI is InChI=1S/C16H22N4O3.ClH/c1-23-14-5-4-11(9-13(14)20-8-6-18-16(20)22)15(21)19-7-2-3-12(17)10-19;/h4-5,9,12H,2-3,6-8,10,17H2,1H3,(H,18,22);1H. The van der Waals surface area contributed by atoms with Crippen molar-refractivity contribution in [2.75, 3.05) is 38.2 Å². The molecule has 1 aromatic carbocycles. The summed E-state index contributed by atoms with van der Waals surface area (Å²) < 4.78 is 5.34. The van der Waals surface area contributed by atoms with Crippen LogP contribution in [0.1, 0.15) is 23.2 Å². The molecule has 3 amide bonds. The molecule has 2 aliphatic heterocycles. The lowest BCUT2D eigenvalue weighted by Crippen LogP contribution is -2.45. The van der Waals surface area contributed by atoms with Gasteiger partial charge in [0.15, 0.2) is 0 Å². The molecule has 7 nitrogen and oxygen atoms in total. The maximum absolute atomic E-state index is 12.7. The van der Waals surface area contributed by atoms with E-state index in [0.29, 0.717) is 36.6 Å². The summed E-state index contributed by atoms with van der Waals surface area (Å²) in [4.78, 5) is 28.0. The number of hydrogen-bond acceptors (Lipinski definition) is 4. The van der Waals surface area contributed by atoms with Crippen LogP contribution in [0.3, 0.4) is 0 Å². The Morgan fingerprint density at radius 1 is 1.38 bits per heavy atom. The number of urea groups is 1. The van der Waals surface area contributed by atoms with Gasteiger partial charge in [-0.2, -0.15) is 0 Å². The highest BCUT2D eigenvalue weighted by Crippen LogP contribution is 2.31. The van der Waals surface area contributed by atoms with Crippen LogP contribution >= 0.6 is 12.4 Å². The van der Waals surface area contributed by atoms with Gasteiger partial charge in [-0.05, 0) is 31.0 Å². The Hall–Kier alpha value is -1.99. The van der Waals surface area contributed by atoms with Crippen molar-refractivity contribution < 1.29 is 14.3 Å². The van der Waals surface area contributed by atoms with Crippen LogP contribution in [-0.4, -0.2) is 56.2 Å². The van der Waals surface area contributed by atoms with Gasteiger partial charge in [0.05, 0.1) is 12.8 Å². The largest absolute Gasteiger partial charge is 0.495 e. The summed E-state index contributed by atoms with van der Waals surface area (Å²) in [7, 11) is 1.55. The average molecular weight is 355 g/mol. The van der Waals surface area contributed by atoms with Gasteiger partial charge in [0, 0.05) is 37.8 Å². The summed E-state index contributed by atoms with van der Waals surface area (Å²) in [5.74, 6) is 0.526. The van der Waals surface area contributed by atoms with E-state index in [-0.39, 0.29) is 30.4 Å². The van der Waals surface area contributed by atoms with Gasteiger partial charge in [-0.1, -0.05) is 0 Å². The Bertz CT molecular complexity index is 625. The van der Waals surface area contributed by atoms with Crippen molar-refractivity contribution in [2.24, 2.45) is 5.73 Å². The van der Waals surface area contributed by atoms with Gasteiger partial charge in [-0.25, -0.2) is 4.79 Å². The van der Waals surface area contributed by atoms with E-state index in [0.717, 1.165) is 19.4 Å². The highest BCUT2D eigenvalue weighted by molar-refractivity contribution is 6.00. The Labute approximate surface area is 147 Å². The molecule has 0 radical (unpaired) electrons. The third kappa shape index (κ3) is 3.57. The van der Waals surface area contributed by atoms with Crippen molar-refractivity contribution in [3.63, 3.8) is 0 Å². The number of likely N-dealkylation sites (tertiary alicyclic amines) is 1. The molecule has 0 aliphatic carbocycles. The van der Waals surface area contributed by atoms with E-state index >= 15 is 0 Å². The summed E-state index contributed by atoms with van der Waals surface area (Å²) in [5, 5.41) is 2.76.